The number of amides is 1. The molecule has 3 aromatic rings. The van der Waals surface area contributed by atoms with Gasteiger partial charge in [-0.1, -0.05) is 19.1 Å². The molecule has 0 aliphatic heterocycles. The summed E-state index contributed by atoms with van der Waals surface area (Å²) in [5, 5.41) is 5.89. The third kappa shape index (κ3) is 3.09. The van der Waals surface area contributed by atoms with E-state index in [1.807, 2.05) is 48.8 Å². The highest BCUT2D eigenvalue weighted by molar-refractivity contribution is 7.09. The molecule has 5 heteroatoms. The number of nitrogens with one attached hydrogen (secondary N) is 2. The van der Waals surface area contributed by atoms with Gasteiger partial charge in [0.2, 0.25) is 0 Å². The standard InChI is InChI=1S/C17H17N3OS/c1-3-12-4-6-14(7-5-12)20-17(21)15-8-13(9-18-15)16-10-22-11(2)19-16/h4-10,18H,3H2,1-2H3,(H,20,21). The molecular weight excluding hydrogens is 294 g/mol. The maximum atomic E-state index is 12.3. The van der Waals surface area contributed by atoms with Crippen LogP contribution in [0, 0.1) is 6.92 Å². The molecule has 1 amide bonds. The van der Waals surface area contributed by atoms with E-state index in [1.54, 1.807) is 11.3 Å². The van der Waals surface area contributed by atoms with Crippen molar-refractivity contribution in [2.75, 3.05) is 5.32 Å². The minimum Gasteiger partial charge on any atom is -0.357 e. The molecule has 0 saturated heterocycles. The minimum atomic E-state index is -0.151. The Balaban J connectivity index is 1.73. The number of H-pyrrole nitrogens is 1. The number of benzene rings is 1. The van der Waals surface area contributed by atoms with Crippen LogP contribution in [0.3, 0.4) is 0 Å². The fourth-order valence-electron chi connectivity index (χ4n) is 2.19. The Hall–Kier alpha value is -2.40. The van der Waals surface area contributed by atoms with Crippen molar-refractivity contribution in [3.8, 4) is 11.3 Å². The van der Waals surface area contributed by atoms with Gasteiger partial charge in [-0.25, -0.2) is 4.98 Å². The molecule has 0 atom stereocenters. The highest BCUT2D eigenvalue weighted by Gasteiger charge is 2.11. The van der Waals surface area contributed by atoms with Crippen molar-refractivity contribution in [2.24, 2.45) is 0 Å². The van der Waals surface area contributed by atoms with Crippen LogP contribution in [0.15, 0.2) is 41.9 Å². The number of carbonyl (C=O) groups is 1. The lowest BCUT2D eigenvalue weighted by molar-refractivity contribution is 0.102. The quantitative estimate of drug-likeness (QED) is 0.756. The molecule has 0 fully saturated rings. The summed E-state index contributed by atoms with van der Waals surface area (Å²) in [6.45, 7) is 4.07. The van der Waals surface area contributed by atoms with E-state index < -0.39 is 0 Å². The van der Waals surface area contributed by atoms with Crippen molar-refractivity contribution in [1.82, 2.24) is 9.97 Å². The van der Waals surface area contributed by atoms with E-state index in [-0.39, 0.29) is 5.91 Å². The van der Waals surface area contributed by atoms with Crippen LogP contribution in [0.1, 0.15) is 28.0 Å². The first-order valence-electron chi connectivity index (χ1n) is 7.17. The number of anilines is 1. The Labute approximate surface area is 133 Å². The van der Waals surface area contributed by atoms with Gasteiger partial charge in [0.25, 0.3) is 5.91 Å². The molecule has 3 rings (SSSR count). The van der Waals surface area contributed by atoms with E-state index in [4.69, 9.17) is 0 Å². The summed E-state index contributed by atoms with van der Waals surface area (Å²) < 4.78 is 0. The zero-order valence-corrected chi connectivity index (χ0v) is 13.3. The van der Waals surface area contributed by atoms with Gasteiger partial charge < -0.3 is 10.3 Å². The number of aromatic amines is 1. The second-order valence-corrected chi connectivity index (χ2v) is 6.12. The van der Waals surface area contributed by atoms with Crippen molar-refractivity contribution >= 4 is 22.9 Å². The molecule has 0 spiro atoms. The summed E-state index contributed by atoms with van der Waals surface area (Å²) in [7, 11) is 0. The first-order chi connectivity index (χ1) is 10.7. The summed E-state index contributed by atoms with van der Waals surface area (Å²) >= 11 is 1.60. The van der Waals surface area contributed by atoms with E-state index in [0.717, 1.165) is 28.4 Å². The van der Waals surface area contributed by atoms with Crippen molar-refractivity contribution in [3.63, 3.8) is 0 Å². The SMILES string of the molecule is CCc1ccc(NC(=O)c2cc(-c3csc(C)n3)c[nH]2)cc1. The van der Waals surface area contributed by atoms with Gasteiger partial charge in [-0.05, 0) is 37.1 Å². The smallest absolute Gasteiger partial charge is 0.272 e. The summed E-state index contributed by atoms with van der Waals surface area (Å²) in [5.74, 6) is -0.151. The second-order valence-electron chi connectivity index (χ2n) is 5.06. The molecule has 0 bridgehead atoms. The minimum absolute atomic E-state index is 0.151. The normalized spacial score (nSPS) is 10.6. The predicted molar refractivity (Wildman–Crippen MR) is 90.4 cm³/mol. The number of carbonyl (C=O) groups excluding carboxylic acids is 1. The molecule has 22 heavy (non-hydrogen) atoms. The van der Waals surface area contributed by atoms with Gasteiger partial charge in [-0.2, -0.15) is 0 Å². The lowest BCUT2D eigenvalue weighted by Gasteiger charge is -2.04. The van der Waals surface area contributed by atoms with Crippen LogP contribution in [0.2, 0.25) is 0 Å². The number of hydrogen-bond donors (Lipinski definition) is 2. The van der Waals surface area contributed by atoms with Gasteiger partial charge in [0.05, 0.1) is 10.7 Å². The molecule has 2 aromatic heterocycles. The highest BCUT2D eigenvalue weighted by atomic mass is 32.1. The summed E-state index contributed by atoms with van der Waals surface area (Å²) in [5.41, 5.74) is 4.39. The number of aromatic nitrogens is 2. The first-order valence-corrected chi connectivity index (χ1v) is 8.05. The molecule has 1 aromatic carbocycles. The zero-order valence-electron chi connectivity index (χ0n) is 12.5. The van der Waals surface area contributed by atoms with Gasteiger partial charge in [0.15, 0.2) is 0 Å². The van der Waals surface area contributed by atoms with E-state index >= 15 is 0 Å². The lowest BCUT2D eigenvalue weighted by Crippen LogP contribution is -2.12. The van der Waals surface area contributed by atoms with Gasteiger partial charge >= 0.3 is 0 Å². The molecule has 2 N–H and O–H groups in total. The maximum absolute atomic E-state index is 12.3. The number of rotatable bonds is 4. The molecule has 0 radical (unpaired) electrons. The predicted octanol–water partition coefficient (Wildman–Crippen LogP) is 4.26. The average molecular weight is 311 g/mol. The molecule has 0 aliphatic carbocycles. The molecule has 112 valence electrons. The van der Waals surface area contributed by atoms with Gasteiger partial charge in [0.1, 0.15) is 5.69 Å². The summed E-state index contributed by atoms with van der Waals surface area (Å²) in [6, 6.07) is 9.71. The fraction of sp³-hybridized carbons (Fsp3) is 0.176. The summed E-state index contributed by atoms with van der Waals surface area (Å²) in [6.07, 6.45) is 2.80. The van der Waals surface area contributed by atoms with E-state index in [9.17, 15) is 4.79 Å². The maximum Gasteiger partial charge on any atom is 0.272 e. The van der Waals surface area contributed by atoms with Crippen LogP contribution in [-0.2, 0) is 6.42 Å². The fourth-order valence-corrected chi connectivity index (χ4v) is 2.81. The molecule has 0 aliphatic rings. The molecule has 0 unspecified atom stereocenters. The van der Waals surface area contributed by atoms with Crippen molar-refractivity contribution < 1.29 is 4.79 Å². The number of thiazole rings is 1. The third-order valence-electron chi connectivity index (χ3n) is 3.46. The van der Waals surface area contributed by atoms with Crippen LogP contribution < -0.4 is 5.32 Å². The Morgan fingerprint density at radius 3 is 2.73 bits per heavy atom. The average Bonchev–Trinajstić information content (AvgIpc) is 3.16. The largest absolute Gasteiger partial charge is 0.357 e. The zero-order chi connectivity index (χ0) is 15.5. The highest BCUT2D eigenvalue weighted by Crippen LogP contribution is 2.22. The number of hydrogen-bond acceptors (Lipinski definition) is 3. The molecule has 2 heterocycles. The van der Waals surface area contributed by atoms with E-state index in [0.29, 0.717) is 5.69 Å². The van der Waals surface area contributed by atoms with E-state index in [1.165, 1.54) is 5.56 Å². The van der Waals surface area contributed by atoms with Gasteiger partial charge in [-0.3, -0.25) is 4.79 Å². The van der Waals surface area contributed by atoms with Gasteiger partial charge in [0, 0.05) is 22.8 Å². The van der Waals surface area contributed by atoms with Gasteiger partial charge in [-0.15, -0.1) is 11.3 Å². The first kappa shape index (κ1) is 14.5. The van der Waals surface area contributed by atoms with Crippen molar-refractivity contribution in [2.45, 2.75) is 20.3 Å². The monoisotopic (exact) mass is 311 g/mol. The Morgan fingerprint density at radius 1 is 1.32 bits per heavy atom. The van der Waals surface area contributed by atoms with Crippen molar-refractivity contribution in [3.05, 3.63) is 58.2 Å². The van der Waals surface area contributed by atoms with Crippen LogP contribution in [0.5, 0.6) is 0 Å². The number of nitrogens with zero attached hydrogens (tertiary/aromatic N) is 1. The Morgan fingerprint density at radius 2 is 2.09 bits per heavy atom. The van der Waals surface area contributed by atoms with Crippen LogP contribution in [0.4, 0.5) is 5.69 Å². The molecule has 4 nitrogen and oxygen atoms in total. The van der Waals surface area contributed by atoms with Crippen molar-refractivity contribution in [1.29, 1.82) is 0 Å². The van der Waals surface area contributed by atoms with Crippen LogP contribution in [-0.4, -0.2) is 15.9 Å². The summed E-state index contributed by atoms with van der Waals surface area (Å²) in [4.78, 5) is 19.7. The Kier molecular flexibility index (Phi) is 4.06. The second kappa shape index (κ2) is 6.15. The van der Waals surface area contributed by atoms with E-state index in [2.05, 4.69) is 22.2 Å². The lowest BCUT2D eigenvalue weighted by atomic mass is 10.1. The van der Waals surface area contributed by atoms with Crippen LogP contribution in [0.25, 0.3) is 11.3 Å². The van der Waals surface area contributed by atoms with Crippen LogP contribution >= 0.6 is 11.3 Å². The molecule has 0 saturated carbocycles. The molecular formula is C17H17N3OS. The topological polar surface area (TPSA) is 57.8 Å². The number of aryl methyl sites for hydroxylation is 2. The third-order valence-corrected chi connectivity index (χ3v) is 4.24. The Bertz CT molecular complexity index is 786.